The van der Waals surface area contributed by atoms with Crippen LogP contribution < -0.4 is 4.74 Å². The molecule has 1 aromatic carbocycles. The summed E-state index contributed by atoms with van der Waals surface area (Å²) in [6, 6.07) is 8.27. The van der Waals surface area contributed by atoms with Crippen LogP contribution in [0.4, 0.5) is 0 Å². The second kappa shape index (κ2) is 7.09. The highest BCUT2D eigenvalue weighted by Gasteiger charge is 2.12. The maximum Gasteiger partial charge on any atom is 0.123 e. The number of hydrogen-bond acceptors (Lipinski definition) is 3. The maximum absolute atomic E-state index is 5.72. The Hall–Kier alpha value is -0.450. The van der Waals surface area contributed by atoms with Gasteiger partial charge in [0.1, 0.15) is 12.4 Å². The van der Waals surface area contributed by atoms with Gasteiger partial charge >= 0.3 is 0 Å². The summed E-state index contributed by atoms with van der Waals surface area (Å²) in [5, 5.41) is 0. The highest BCUT2D eigenvalue weighted by molar-refractivity contribution is 7.98. The van der Waals surface area contributed by atoms with Crippen LogP contribution in [0.5, 0.6) is 5.75 Å². The summed E-state index contributed by atoms with van der Waals surface area (Å²) in [4.78, 5) is 1.44. The first kappa shape index (κ1) is 13.0. The van der Waals surface area contributed by atoms with E-state index in [1.165, 1.54) is 21.8 Å². The van der Waals surface area contributed by atoms with Crippen LogP contribution in [0.3, 0.4) is 0 Å². The molecule has 17 heavy (non-hydrogen) atoms. The van der Waals surface area contributed by atoms with Crippen LogP contribution in [-0.4, -0.2) is 36.2 Å². The fraction of sp³-hybridized carbons (Fsp3) is 0.462. The van der Waals surface area contributed by atoms with Crippen LogP contribution in [-0.2, 0) is 11.2 Å². The van der Waals surface area contributed by atoms with Crippen LogP contribution in [0.1, 0.15) is 5.56 Å². The van der Waals surface area contributed by atoms with Crippen molar-refractivity contribution < 1.29 is 9.47 Å². The summed E-state index contributed by atoms with van der Waals surface area (Å²) >= 11 is 5.45. The monoisotopic (exact) mass is 270 g/mol. The summed E-state index contributed by atoms with van der Waals surface area (Å²) in [6.07, 6.45) is 1.05. The van der Waals surface area contributed by atoms with Crippen molar-refractivity contribution in [2.75, 3.05) is 31.3 Å². The molecule has 4 heteroatoms. The van der Waals surface area contributed by atoms with E-state index in [0.717, 1.165) is 43.5 Å². The first-order valence-electron chi connectivity index (χ1n) is 5.81. The van der Waals surface area contributed by atoms with Gasteiger partial charge in [-0.1, -0.05) is 18.2 Å². The van der Waals surface area contributed by atoms with Crippen molar-refractivity contribution >= 4 is 28.8 Å². The standard InChI is InChI=1S/C13H18O2S2/c16-7-5-14-6-8-17-12-9-11-3-1-2-4-13(11)15-10-12/h1-4,16-17H,5-10H2. The molecule has 2 rings (SSSR count). The second-order valence-electron chi connectivity index (χ2n) is 3.86. The maximum atomic E-state index is 5.72. The Labute approximate surface area is 112 Å². The van der Waals surface area contributed by atoms with E-state index in [0.29, 0.717) is 0 Å². The number of rotatable bonds is 5. The van der Waals surface area contributed by atoms with Gasteiger partial charge in [-0.25, -0.2) is 0 Å². The first-order chi connectivity index (χ1) is 8.40. The molecule has 0 spiro atoms. The molecular formula is C13H18O2S2. The van der Waals surface area contributed by atoms with Gasteiger partial charge in [-0.3, -0.25) is 0 Å². The summed E-state index contributed by atoms with van der Waals surface area (Å²) < 4.78 is 11.1. The van der Waals surface area contributed by atoms with Gasteiger partial charge in [0.2, 0.25) is 0 Å². The van der Waals surface area contributed by atoms with Crippen molar-refractivity contribution in [3.8, 4) is 5.75 Å². The number of hydrogen-bond donors (Lipinski definition) is 2. The molecule has 0 saturated carbocycles. The van der Waals surface area contributed by atoms with Gasteiger partial charge in [-0.05, 0) is 16.5 Å². The molecule has 0 N–H and O–H groups in total. The fourth-order valence-corrected chi connectivity index (χ4v) is 2.86. The van der Waals surface area contributed by atoms with Crippen molar-refractivity contribution in [2.24, 2.45) is 0 Å². The predicted molar refractivity (Wildman–Crippen MR) is 79.2 cm³/mol. The molecule has 0 aliphatic carbocycles. The molecule has 94 valence electrons. The SMILES string of the molecule is SCCOCC[SH]=C1COc2ccccc2C1. The summed E-state index contributed by atoms with van der Waals surface area (Å²) in [5.74, 6) is 2.89. The van der Waals surface area contributed by atoms with E-state index in [1.54, 1.807) is 0 Å². The molecule has 0 bridgehead atoms. The lowest BCUT2D eigenvalue weighted by Gasteiger charge is -2.19. The van der Waals surface area contributed by atoms with Gasteiger partial charge in [0.25, 0.3) is 0 Å². The Bertz CT molecular complexity index is 391. The lowest BCUT2D eigenvalue weighted by atomic mass is 10.1. The molecule has 0 radical (unpaired) electrons. The Kier molecular flexibility index (Phi) is 5.42. The van der Waals surface area contributed by atoms with E-state index in [-0.39, 0.29) is 0 Å². The largest absolute Gasteiger partial charge is 0.488 e. The number of ether oxygens (including phenoxy) is 2. The van der Waals surface area contributed by atoms with Crippen LogP contribution in [0, 0.1) is 0 Å². The van der Waals surface area contributed by atoms with Crippen LogP contribution in [0.2, 0.25) is 0 Å². The molecular weight excluding hydrogens is 252 g/mol. The lowest BCUT2D eigenvalue weighted by molar-refractivity contribution is 0.167. The van der Waals surface area contributed by atoms with E-state index in [2.05, 4.69) is 24.8 Å². The minimum atomic E-state index is 0.743. The molecule has 0 amide bonds. The van der Waals surface area contributed by atoms with E-state index in [9.17, 15) is 0 Å². The van der Waals surface area contributed by atoms with Gasteiger partial charge in [0.15, 0.2) is 0 Å². The predicted octanol–water partition coefficient (Wildman–Crippen LogP) is 2.21. The molecule has 0 unspecified atom stereocenters. The molecule has 1 aliphatic rings. The molecule has 0 aromatic heterocycles. The Morgan fingerprint density at radius 2 is 2.18 bits per heavy atom. The van der Waals surface area contributed by atoms with Crippen molar-refractivity contribution in [1.82, 2.24) is 0 Å². The van der Waals surface area contributed by atoms with Gasteiger partial charge in [-0.2, -0.15) is 24.0 Å². The zero-order valence-corrected chi connectivity index (χ0v) is 11.6. The summed E-state index contributed by atoms with van der Waals surface area (Å²) in [5.41, 5.74) is 1.30. The van der Waals surface area contributed by atoms with Crippen molar-refractivity contribution in [2.45, 2.75) is 6.42 Å². The molecule has 1 heterocycles. The van der Waals surface area contributed by atoms with E-state index in [4.69, 9.17) is 9.47 Å². The molecule has 1 aromatic rings. The van der Waals surface area contributed by atoms with Crippen LogP contribution >= 0.6 is 24.0 Å². The van der Waals surface area contributed by atoms with Crippen molar-refractivity contribution in [3.63, 3.8) is 0 Å². The zero-order chi connectivity index (χ0) is 11.9. The first-order valence-corrected chi connectivity index (χ1v) is 7.53. The van der Waals surface area contributed by atoms with Crippen molar-refractivity contribution in [3.05, 3.63) is 29.8 Å². The number of fused-ring (bicyclic) bond motifs is 1. The molecule has 0 fully saturated rings. The molecule has 1 aliphatic heterocycles. The van der Waals surface area contributed by atoms with E-state index >= 15 is 0 Å². The smallest absolute Gasteiger partial charge is 0.123 e. The minimum Gasteiger partial charge on any atom is -0.488 e. The summed E-state index contributed by atoms with van der Waals surface area (Å²) in [7, 11) is 0. The zero-order valence-electron chi connectivity index (χ0n) is 9.76. The fourth-order valence-electron chi connectivity index (χ4n) is 1.76. The third-order valence-electron chi connectivity index (χ3n) is 2.57. The van der Waals surface area contributed by atoms with Crippen LogP contribution in [0.15, 0.2) is 24.3 Å². The summed E-state index contributed by atoms with van der Waals surface area (Å²) in [6.45, 7) is 2.31. The van der Waals surface area contributed by atoms with E-state index in [1.807, 2.05) is 12.1 Å². The minimum absolute atomic E-state index is 0.743. The van der Waals surface area contributed by atoms with Crippen LogP contribution in [0.25, 0.3) is 0 Å². The Balaban J connectivity index is 1.83. The van der Waals surface area contributed by atoms with Gasteiger partial charge in [-0.15, -0.1) is 0 Å². The van der Waals surface area contributed by atoms with Gasteiger partial charge in [0, 0.05) is 17.9 Å². The molecule has 2 nitrogen and oxygen atoms in total. The number of thiol groups is 2. The molecule has 0 atom stereocenters. The normalized spacial score (nSPS) is 17.1. The third kappa shape index (κ3) is 4.05. The topological polar surface area (TPSA) is 18.5 Å². The quantitative estimate of drug-likeness (QED) is 0.485. The lowest BCUT2D eigenvalue weighted by Crippen LogP contribution is -2.19. The Morgan fingerprint density at radius 3 is 3.06 bits per heavy atom. The third-order valence-corrected chi connectivity index (χ3v) is 3.89. The van der Waals surface area contributed by atoms with Crippen molar-refractivity contribution in [1.29, 1.82) is 0 Å². The number of benzene rings is 1. The highest BCUT2D eigenvalue weighted by atomic mass is 32.1. The molecule has 0 saturated heterocycles. The van der Waals surface area contributed by atoms with E-state index < -0.39 is 0 Å². The van der Waals surface area contributed by atoms with Gasteiger partial charge < -0.3 is 9.47 Å². The number of para-hydroxylation sites is 1. The van der Waals surface area contributed by atoms with Gasteiger partial charge in [0.05, 0.1) is 13.2 Å². The average Bonchev–Trinajstić information content (AvgIpc) is 2.38. The second-order valence-corrected chi connectivity index (χ2v) is 5.70. The highest BCUT2D eigenvalue weighted by Crippen LogP contribution is 2.23. The Morgan fingerprint density at radius 1 is 1.29 bits per heavy atom. The average molecular weight is 270 g/mol.